The van der Waals surface area contributed by atoms with Gasteiger partial charge >= 0.3 is 0 Å². The van der Waals surface area contributed by atoms with Crippen molar-refractivity contribution in [3.63, 3.8) is 0 Å². The lowest BCUT2D eigenvalue weighted by atomic mass is 9.84. The van der Waals surface area contributed by atoms with Crippen molar-refractivity contribution in [2.45, 2.75) is 38.1 Å². The third kappa shape index (κ3) is 2.84. The van der Waals surface area contributed by atoms with Gasteiger partial charge in [0, 0.05) is 23.5 Å². The Hall–Kier alpha value is -3.02. The number of para-hydroxylation sites is 1. The lowest BCUT2D eigenvalue weighted by Gasteiger charge is -2.33. The van der Waals surface area contributed by atoms with Gasteiger partial charge in [0.1, 0.15) is 0 Å². The first kappa shape index (κ1) is 18.7. The molecule has 1 aromatic carbocycles. The molecule has 6 rings (SSSR count). The van der Waals surface area contributed by atoms with Crippen LogP contribution in [0.3, 0.4) is 0 Å². The van der Waals surface area contributed by atoms with Crippen LogP contribution < -0.4 is 5.32 Å². The number of anilines is 1. The number of imide groups is 1. The Morgan fingerprint density at radius 3 is 2.32 bits per heavy atom. The van der Waals surface area contributed by atoms with E-state index < -0.39 is 0 Å². The highest BCUT2D eigenvalue weighted by atomic mass is 16.2. The van der Waals surface area contributed by atoms with Crippen LogP contribution in [0.5, 0.6) is 0 Å². The Labute approximate surface area is 180 Å². The number of likely N-dealkylation sites (tertiary alicyclic amines) is 1. The molecule has 0 radical (unpaired) electrons. The molecule has 6 nitrogen and oxygen atoms in total. The summed E-state index contributed by atoms with van der Waals surface area (Å²) in [6, 6.07) is 9.57. The number of aromatic nitrogens is 1. The summed E-state index contributed by atoms with van der Waals surface area (Å²) < 4.78 is 0. The number of hydrogen-bond acceptors (Lipinski definition) is 4. The lowest BCUT2D eigenvalue weighted by Crippen LogP contribution is -2.44. The number of amides is 3. The second kappa shape index (κ2) is 7.01. The highest BCUT2D eigenvalue weighted by molar-refractivity contribution is 6.07. The SMILES string of the molecule is O=C(Nc1cccc2cccnc12)C1CCC(N2C(=O)[C@@H]3[C@H](C2=O)[C@@H]2C=C[C@H]3C2)CC1. The van der Waals surface area contributed by atoms with Crippen molar-refractivity contribution in [1.29, 1.82) is 0 Å². The number of carbonyl (C=O) groups excluding carboxylic acids is 3. The van der Waals surface area contributed by atoms with Gasteiger partial charge in [0.25, 0.3) is 0 Å². The number of allylic oxidation sites excluding steroid dienone is 2. The molecule has 1 aliphatic heterocycles. The van der Waals surface area contributed by atoms with Crippen LogP contribution in [0.25, 0.3) is 10.9 Å². The second-order valence-corrected chi connectivity index (χ2v) is 9.42. The van der Waals surface area contributed by atoms with Crippen LogP contribution in [0.15, 0.2) is 48.7 Å². The normalized spacial score (nSPS) is 33.9. The summed E-state index contributed by atoms with van der Waals surface area (Å²) in [6.45, 7) is 0. The summed E-state index contributed by atoms with van der Waals surface area (Å²) in [4.78, 5) is 45.0. The van der Waals surface area contributed by atoms with Crippen LogP contribution in [0.4, 0.5) is 5.69 Å². The topological polar surface area (TPSA) is 79.4 Å². The fourth-order valence-electron chi connectivity index (χ4n) is 6.32. The average Bonchev–Trinajstić information content (AvgIpc) is 3.48. The maximum Gasteiger partial charge on any atom is 0.233 e. The van der Waals surface area contributed by atoms with E-state index >= 15 is 0 Å². The Bertz CT molecular complexity index is 1080. The van der Waals surface area contributed by atoms with Gasteiger partial charge < -0.3 is 5.32 Å². The highest BCUT2D eigenvalue weighted by Crippen LogP contribution is 2.53. The number of fused-ring (bicyclic) bond motifs is 6. The monoisotopic (exact) mass is 415 g/mol. The molecule has 158 valence electrons. The van der Waals surface area contributed by atoms with E-state index in [0.29, 0.717) is 25.7 Å². The fraction of sp³-hybridized carbons (Fsp3) is 0.440. The first-order chi connectivity index (χ1) is 15.1. The molecule has 0 unspecified atom stereocenters. The number of pyridine rings is 1. The van der Waals surface area contributed by atoms with Gasteiger partial charge in [-0.2, -0.15) is 0 Å². The summed E-state index contributed by atoms with van der Waals surface area (Å²) in [6.07, 6.45) is 9.71. The van der Waals surface area contributed by atoms with Crippen molar-refractivity contribution in [2.75, 3.05) is 5.32 Å². The van der Waals surface area contributed by atoms with Gasteiger partial charge in [0.05, 0.1) is 23.0 Å². The molecule has 2 saturated carbocycles. The van der Waals surface area contributed by atoms with Crippen LogP contribution in [-0.4, -0.2) is 33.6 Å². The first-order valence-corrected chi connectivity index (χ1v) is 11.3. The van der Waals surface area contributed by atoms with Crippen molar-refractivity contribution in [3.05, 3.63) is 48.7 Å². The molecule has 4 atom stereocenters. The molecular formula is C25H25N3O3. The van der Waals surface area contributed by atoms with Crippen LogP contribution in [0, 0.1) is 29.6 Å². The molecule has 2 heterocycles. The van der Waals surface area contributed by atoms with Crippen molar-refractivity contribution < 1.29 is 14.4 Å². The van der Waals surface area contributed by atoms with E-state index in [2.05, 4.69) is 22.5 Å². The maximum atomic E-state index is 13.1. The number of nitrogens with zero attached hydrogens (tertiary/aromatic N) is 2. The van der Waals surface area contributed by atoms with E-state index in [0.717, 1.165) is 23.0 Å². The third-order valence-electron chi connectivity index (χ3n) is 7.83. The molecular weight excluding hydrogens is 390 g/mol. The summed E-state index contributed by atoms with van der Waals surface area (Å²) in [7, 11) is 0. The van der Waals surface area contributed by atoms with Gasteiger partial charge in [-0.3, -0.25) is 24.3 Å². The quantitative estimate of drug-likeness (QED) is 0.614. The summed E-state index contributed by atoms with van der Waals surface area (Å²) in [5.74, 6) is 0.156. The Kier molecular flexibility index (Phi) is 4.23. The van der Waals surface area contributed by atoms with Gasteiger partial charge in [-0.1, -0.05) is 30.4 Å². The van der Waals surface area contributed by atoms with E-state index in [9.17, 15) is 14.4 Å². The molecule has 4 aliphatic rings. The minimum Gasteiger partial charge on any atom is -0.324 e. The molecule has 0 spiro atoms. The number of rotatable bonds is 3. The Morgan fingerprint density at radius 1 is 0.935 bits per heavy atom. The molecule has 2 aromatic rings. The van der Waals surface area contributed by atoms with E-state index in [1.54, 1.807) is 11.1 Å². The number of benzene rings is 1. The second-order valence-electron chi connectivity index (χ2n) is 9.42. The van der Waals surface area contributed by atoms with Crippen LogP contribution in [0.2, 0.25) is 0 Å². The zero-order chi connectivity index (χ0) is 21.1. The fourth-order valence-corrected chi connectivity index (χ4v) is 6.32. The van der Waals surface area contributed by atoms with Crippen LogP contribution >= 0.6 is 0 Å². The van der Waals surface area contributed by atoms with Crippen LogP contribution in [0.1, 0.15) is 32.1 Å². The Balaban J connectivity index is 1.12. The third-order valence-corrected chi connectivity index (χ3v) is 7.83. The minimum atomic E-state index is -0.137. The molecule has 6 heteroatoms. The van der Waals surface area contributed by atoms with E-state index in [4.69, 9.17) is 0 Å². The van der Waals surface area contributed by atoms with Gasteiger partial charge in [-0.05, 0) is 56.1 Å². The molecule has 3 aliphatic carbocycles. The van der Waals surface area contributed by atoms with Gasteiger partial charge in [-0.15, -0.1) is 0 Å². The average molecular weight is 415 g/mol. The molecule has 1 aromatic heterocycles. The zero-order valence-corrected chi connectivity index (χ0v) is 17.2. The summed E-state index contributed by atoms with van der Waals surface area (Å²) in [5, 5.41) is 4.04. The largest absolute Gasteiger partial charge is 0.324 e. The highest BCUT2D eigenvalue weighted by Gasteiger charge is 2.60. The van der Waals surface area contributed by atoms with E-state index in [1.807, 2.05) is 30.3 Å². The summed E-state index contributed by atoms with van der Waals surface area (Å²) in [5.41, 5.74) is 1.51. The van der Waals surface area contributed by atoms with Gasteiger partial charge in [-0.25, -0.2) is 0 Å². The maximum absolute atomic E-state index is 13.1. The van der Waals surface area contributed by atoms with Crippen molar-refractivity contribution >= 4 is 34.3 Å². The summed E-state index contributed by atoms with van der Waals surface area (Å²) >= 11 is 0. The predicted molar refractivity (Wildman–Crippen MR) is 116 cm³/mol. The smallest absolute Gasteiger partial charge is 0.233 e. The minimum absolute atomic E-state index is 0.00482. The van der Waals surface area contributed by atoms with Gasteiger partial charge in [0.2, 0.25) is 17.7 Å². The standard InChI is InChI=1S/C25H25N3O3/c29-23(27-19-5-1-3-14-4-2-12-26-22(14)19)15-8-10-18(11-9-15)28-24(30)20-16-6-7-17(13-16)21(20)25(28)31/h1-7,12,15-18,20-21H,8-11,13H2,(H,27,29)/t15?,16-,17+,18?,20-,21+. The molecule has 1 N–H and O–H groups in total. The van der Waals surface area contributed by atoms with E-state index in [-0.39, 0.29) is 53.4 Å². The first-order valence-electron chi connectivity index (χ1n) is 11.3. The van der Waals surface area contributed by atoms with Crippen molar-refractivity contribution in [3.8, 4) is 0 Å². The number of nitrogens with one attached hydrogen (secondary N) is 1. The van der Waals surface area contributed by atoms with Crippen molar-refractivity contribution in [1.82, 2.24) is 9.88 Å². The number of hydrogen-bond donors (Lipinski definition) is 1. The Morgan fingerprint density at radius 2 is 1.61 bits per heavy atom. The molecule has 2 bridgehead atoms. The van der Waals surface area contributed by atoms with E-state index in [1.165, 1.54) is 0 Å². The molecule has 3 fully saturated rings. The molecule has 1 saturated heterocycles. The molecule has 31 heavy (non-hydrogen) atoms. The van der Waals surface area contributed by atoms with Crippen molar-refractivity contribution in [2.24, 2.45) is 29.6 Å². The number of carbonyl (C=O) groups is 3. The lowest BCUT2D eigenvalue weighted by molar-refractivity contribution is -0.144. The molecule has 3 amide bonds. The van der Waals surface area contributed by atoms with Gasteiger partial charge in [0.15, 0.2) is 0 Å². The zero-order valence-electron chi connectivity index (χ0n) is 17.2. The van der Waals surface area contributed by atoms with Crippen LogP contribution in [-0.2, 0) is 14.4 Å². The predicted octanol–water partition coefficient (Wildman–Crippen LogP) is 3.54.